The molecular formula is CCuNSe. The molecule has 0 fully saturated rings. The first kappa shape index (κ1) is 8.82. The van der Waals surface area contributed by atoms with Crippen molar-refractivity contribution in [3.63, 3.8) is 0 Å². The van der Waals surface area contributed by atoms with Gasteiger partial charge in [-0.1, -0.05) is 0 Å². The number of hydrogen-bond donors (Lipinski definition) is 0. The van der Waals surface area contributed by atoms with Gasteiger partial charge in [-0.15, -0.1) is 0 Å². The second kappa shape index (κ2) is 9.65. The summed E-state index contributed by atoms with van der Waals surface area (Å²) in [6.45, 7) is 0. The van der Waals surface area contributed by atoms with Gasteiger partial charge in [0.05, 0.1) is 0 Å². The molecule has 3 heteroatoms. The minimum absolute atomic E-state index is 0. The molecule has 0 aromatic heterocycles. The third kappa shape index (κ3) is 21.1. The quantitative estimate of drug-likeness (QED) is 0.453. The van der Waals surface area contributed by atoms with Crippen molar-refractivity contribution in [2.45, 2.75) is 0 Å². The van der Waals surface area contributed by atoms with Crippen LogP contribution in [0.5, 0.6) is 0 Å². The Balaban J connectivity index is 0. The van der Waals surface area contributed by atoms with E-state index in [-0.39, 0.29) is 17.1 Å². The summed E-state index contributed by atoms with van der Waals surface area (Å²) in [4.78, 5) is 1.62. The molecule has 2 radical (unpaired) electrons. The molecular weight excluding hydrogens is 169 g/mol. The minimum atomic E-state index is 0. The van der Waals surface area contributed by atoms with Gasteiger partial charge in [-0.25, -0.2) is 0 Å². The van der Waals surface area contributed by atoms with Crippen LogP contribution in [0.4, 0.5) is 0 Å². The summed E-state index contributed by atoms with van der Waals surface area (Å²) in [5.41, 5.74) is 0. The second-order valence-electron chi connectivity index (χ2n) is 0.0913. The van der Waals surface area contributed by atoms with E-state index in [0.717, 1.165) is 0 Å². The molecule has 0 aliphatic heterocycles. The monoisotopic (exact) mass is 169 g/mol. The fraction of sp³-hybridized carbons (Fsp3) is 0. The predicted molar refractivity (Wildman–Crippen MR) is 11.4 cm³/mol. The van der Waals surface area contributed by atoms with E-state index in [1.165, 1.54) is 0 Å². The van der Waals surface area contributed by atoms with Gasteiger partial charge in [0.2, 0.25) is 0 Å². The topological polar surface area (TPSA) is 23.8 Å². The molecule has 0 aromatic carbocycles. The molecule has 0 rings (SSSR count). The van der Waals surface area contributed by atoms with E-state index < -0.39 is 0 Å². The van der Waals surface area contributed by atoms with Crippen LogP contribution in [0.25, 0.3) is 0 Å². The van der Waals surface area contributed by atoms with Gasteiger partial charge in [-0.05, 0) is 0 Å². The van der Waals surface area contributed by atoms with Crippen LogP contribution in [-0.4, -0.2) is 16.0 Å². The Morgan fingerprint density at radius 3 is 1.75 bits per heavy atom. The van der Waals surface area contributed by atoms with Crippen molar-refractivity contribution in [1.29, 1.82) is 5.26 Å². The fourth-order valence-electron chi connectivity index (χ4n) is 0. The molecule has 1 nitrogen and oxygen atoms in total. The maximum atomic E-state index is 7.26. The molecule has 4 heavy (non-hydrogen) atoms. The number of hydrogen-bond acceptors (Lipinski definition) is 1. The average molecular weight is 169 g/mol. The molecule has 0 N–H and O–H groups in total. The number of nitrogens with zero attached hydrogens (tertiary/aromatic N) is 1. The molecule has 0 saturated carbocycles. The normalized spacial score (nSPS) is 1.75. The SMILES string of the molecule is N#C[Se].[Cu]. The number of rotatable bonds is 0. The number of nitriles is 1. The molecule has 0 aliphatic carbocycles. The fourth-order valence-corrected chi connectivity index (χ4v) is 0. The van der Waals surface area contributed by atoms with E-state index in [0.29, 0.717) is 0 Å². The Kier molecular flexibility index (Phi) is 21.3. The van der Waals surface area contributed by atoms with Crippen molar-refractivity contribution in [2.75, 3.05) is 0 Å². The summed E-state index contributed by atoms with van der Waals surface area (Å²) in [6, 6.07) is 0. The van der Waals surface area contributed by atoms with Crippen molar-refractivity contribution in [1.82, 2.24) is 0 Å². The van der Waals surface area contributed by atoms with Crippen molar-refractivity contribution < 1.29 is 17.1 Å². The molecule has 0 unspecified atom stereocenters. The third-order valence-corrected chi connectivity index (χ3v) is 0. The average Bonchev–Trinajstić information content (AvgIpc) is 0.918. The van der Waals surface area contributed by atoms with E-state index in [1.54, 1.807) is 4.97 Å². The zero-order valence-corrected chi connectivity index (χ0v) is 4.31. The van der Waals surface area contributed by atoms with Gasteiger partial charge < -0.3 is 0 Å². The minimum Gasteiger partial charge on any atom is 0 e. The van der Waals surface area contributed by atoms with Gasteiger partial charge in [0.15, 0.2) is 0 Å². The van der Waals surface area contributed by atoms with Crippen LogP contribution in [0.2, 0.25) is 0 Å². The summed E-state index contributed by atoms with van der Waals surface area (Å²) in [5, 5.41) is 7.26. The molecule has 0 atom stereocenters. The Morgan fingerprint density at radius 1 is 1.75 bits per heavy atom. The molecule has 0 bridgehead atoms. The molecule has 0 aromatic rings. The second-order valence-corrected chi connectivity index (χ2v) is 0.474. The zero-order valence-electron chi connectivity index (χ0n) is 1.66. The molecule has 26 valence electrons. The van der Waals surface area contributed by atoms with Gasteiger partial charge in [0.25, 0.3) is 0 Å². The van der Waals surface area contributed by atoms with Crippen LogP contribution in [0, 0.1) is 10.2 Å². The van der Waals surface area contributed by atoms with Gasteiger partial charge >= 0.3 is 26.2 Å². The summed E-state index contributed by atoms with van der Waals surface area (Å²) >= 11 is 2.11. The van der Waals surface area contributed by atoms with Crippen LogP contribution in [0.1, 0.15) is 0 Å². The summed E-state index contributed by atoms with van der Waals surface area (Å²) in [7, 11) is 0. The van der Waals surface area contributed by atoms with Crippen molar-refractivity contribution in [2.24, 2.45) is 0 Å². The Bertz CT molecular complexity index is 29.5. The third-order valence-electron chi connectivity index (χ3n) is 0. The Hall–Kier alpha value is 0.529. The van der Waals surface area contributed by atoms with Crippen LogP contribution < -0.4 is 0 Å². The predicted octanol–water partition coefficient (Wildman–Crippen LogP) is -0.367. The van der Waals surface area contributed by atoms with Gasteiger partial charge in [-0.2, -0.15) is 0 Å². The first-order chi connectivity index (χ1) is 1.41. The van der Waals surface area contributed by atoms with Crippen LogP contribution in [0.15, 0.2) is 0 Å². The van der Waals surface area contributed by atoms with E-state index in [2.05, 4.69) is 16.0 Å². The first-order valence-corrected chi connectivity index (χ1v) is 1.28. The summed E-state index contributed by atoms with van der Waals surface area (Å²) in [6.07, 6.45) is 0. The largest absolute Gasteiger partial charge is 0 e. The van der Waals surface area contributed by atoms with E-state index >= 15 is 0 Å². The molecule has 0 spiro atoms. The van der Waals surface area contributed by atoms with Gasteiger partial charge in [0, 0.05) is 17.1 Å². The van der Waals surface area contributed by atoms with Crippen LogP contribution in [0.3, 0.4) is 0 Å². The van der Waals surface area contributed by atoms with Crippen molar-refractivity contribution >= 4 is 16.0 Å². The Morgan fingerprint density at radius 2 is 1.75 bits per heavy atom. The van der Waals surface area contributed by atoms with E-state index in [4.69, 9.17) is 5.26 Å². The molecule has 0 aliphatic rings. The first-order valence-electron chi connectivity index (χ1n) is 0.428. The molecule has 0 heterocycles. The van der Waals surface area contributed by atoms with Crippen LogP contribution in [-0.2, 0) is 17.1 Å². The van der Waals surface area contributed by atoms with Crippen molar-refractivity contribution in [3.05, 3.63) is 0 Å². The van der Waals surface area contributed by atoms with Gasteiger partial charge in [-0.3, -0.25) is 0 Å². The zero-order chi connectivity index (χ0) is 2.71. The van der Waals surface area contributed by atoms with E-state index in [9.17, 15) is 0 Å². The standard InChI is InChI=1S/CNSe.Cu/c2-1-3;. The Labute approximate surface area is 43.7 Å². The van der Waals surface area contributed by atoms with Gasteiger partial charge in [0.1, 0.15) is 0 Å². The maximum absolute atomic E-state index is 7.26. The smallest absolute Gasteiger partial charge is 0 e. The summed E-state index contributed by atoms with van der Waals surface area (Å²) < 4.78 is 0. The molecule has 0 amide bonds. The summed E-state index contributed by atoms with van der Waals surface area (Å²) in [5.74, 6) is 0. The maximum Gasteiger partial charge on any atom is 0 e. The van der Waals surface area contributed by atoms with Crippen molar-refractivity contribution in [3.8, 4) is 4.97 Å². The van der Waals surface area contributed by atoms with Crippen LogP contribution >= 0.6 is 0 Å². The molecule has 0 saturated heterocycles. The van der Waals surface area contributed by atoms with E-state index in [1.807, 2.05) is 0 Å².